The van der Waals surface area contributed by atoms with Gasteiger partial charge in [0.05, 0.1) is 4.92 Å². The average Bonchev–Trinajstić information content (AvgIpc) is 2.06. The molecule has 0 bridgehead atoms. The van der Waals surface area contributed by atoms with Crippen LogP contribution >= 0.6 is 0 Å². The Morgan fingerprint density at radius 2 is 2.00 bits per heavy atom. The van der Waals surface area contributed by atoms with E-state index in [0.29, 0.717) is 0 Å². The molecule has 0 aliphatic carbocycles. The molecule has 1 rings (SSSR count). The van der Waals surface area contributed by atoms with Gasteiger partial charge >= 0.3 is 5.69 Å². The number of hydrogen-bond acceptors (Lipinski definition) is 4. The Labute approximate surface area is 84.7 Å². The first kappa shape index (κ1) is 11.5. The summed E-state index contributed by atoms with van der Waals surface area (Å²) in [4.78, 5) is 8.51. The van der Waals surface area contributed by atoms with Crippen LogP contribution in [0.2, 0.25) is 0 Å². The number of aryl methyl sites for hydroxylation is 1. The lowest BCUT2D eigenvalue weighted by molar-refractivity contribution is -0.387. The first-order valence-corrected chi connectivity index (χ1v) is 5.25. The van der Waals surface area contributed by atoms with Gasteiger partial charge in [0.1, 0.15) is 4.90 Å². The second-order valence-electron chi connectivity index (χ2n) is 2.90. The fourth-order valence-corrected chi connectivity index (χ4v) is 1.76. The van der Waals surface area contributed by atoms with Gasteiger partial charge in [-0.05, 0) is 18.6 Å². The highest BCUT2D eigenvalue weighted by atomic mass is 32.2. The first-order valence-electron chi connectivity index (χ1n) is 3.71. The van der Waals surface area contributed by atoms with E-state index in [-0.39, 0.29) is 5.56 Å². The van der Waals surface area contributed by atoms with E-state index < -0.39 is 31.3 Å². The van der Waals surface area contributed by atoms with Gasteiger partial charge in [0.2, 0.25) is 15.8 Å². The fourth-order valence-electron chi connectivity index (χ4n) is 1.06. The third-order valence-electron chi connectivity index (χ3n) is 1.67. The molecular weight excluding hydrogens is 227 g/mol. The van der Waals surface area contributed by atoms with Gasteiger partial charge in [-0.3, -0.25) is 10.1 Å². The highest BCUT2D eigenvalue weighted by Crippen LogP contribution is 2.24. The molecule has 0 atom stereocenters. The summed E-state index contributed by atoms with van der Waals surface area (Å²) < 4.78 is 35.1. The van der Waals surface area contributed by atoms with E-state index in [0.717, 1.165) is 12.1 Å². The molecule has 1 aromatic rings. The summed E-state index contributed by atoms with van der Waals surface area (Å²) in [5.74, 6) is -1.44. The monoisotopic (exact) mass is 234 g/mol. The van der Waals surface area contributed by atoms with Crippen LogP contribution in [0.1, 0.15) is 5.56 Å². The summed E-state index contributed by atoms with van der Waals surface area (Å²) in [7, 11) is -4.29. The minimum Gasteiger partial charge on any atom is -0.258 e. The topological polar surface area (TPSA) is 103 Å². The largest absolute Gasteiger partial charge is 0.306 e. The molecule has 82 valence electrons. The number of nitrogens with two attached hydrogens (primary N) is 1. The summed E-state index contributed by atoms with van der Waals surface area (Å²) in [5.41, 5.74) is -0.661. The summed E-state index contributed by atoms with van der Waals surface area (Å²) in [6.07, 6.45) is 0. The van der Waals surface area contributed by atoms with E-state index in [9.17, 15) is 22.9 Å². The van der Waals surface area contributed by atoms with E-state index in [4.69, 9.17) is 5.14 Å². The highest BCUT2D eigenvalue weighted by Gasteiger charge is 2.24. The third kappa shape index (κ3) is 2.28. The molecule has 0 aliphatic rings. The van der Waals surface area contributed by atoms with Crippen LogP contribution in [0, 0.1) is 22.9 Å². The van der Waals surface area contributed by atoms with Gasteiger partial charge in [0.15, 0.2) is 0 Å². The van der Waals surface area contributed by atoms with E-state index in [1.807, 2.05) is 0 Å². The number of nitro benzene ring substituents is 1. The predicted octanol–water partition coefficient (Wildman–Crippen LogP) is 0.690. The van der Waals surface area contributed by atoms with Crippen LogP contribution in [0.25, 0.3) is 0 Å². The molecule has 0 radical (unpaired) electrons. The number of nitro groups is 1. The second kappa shape index (κ2) is 3.55. The molecule has 0 saturated carbocycles. The minimum absolute atomic E-state index is 0.243. The highest BCUT2D eigenvalue weighted by molar-refractivity contribution is 7.89. The van der Waals surface area contributed by atoms with Crippen LogP contribution in [0.3, 0.4) is 0 Å². The van der Waals surface area contributed by atoms with Gasteiger partial charge in [-0.2, -0.15) is 4.39 Å². The van der Waals surface area contributed by atoms with Crippen molar-refractivity contribution in [2.24, 2.45) is 5.14 Å². The lowest BCUT2D eigenvalue weighted by Crippen LogP contribution is -2.15. The normalized spacial score (nSPS) is 11.4. The van der Waals surface area contributed by atoms with Crippen LogP contribution in [0.15, 0.2) is 17.0 Å². The Balaban J connectivity index is 3.63. The van der Waals surface area contributed by atoms with Crippen molar-refractivity contribution in [1.29, 1.82) is 0 Å². The maximum Gasteiger partial charge on any atom is 0.306 e. The SMILES string of the molecule is Cc1cc([N+](=O)[O-])c(F)c(S(N)(=O)=O)c1. The van der Waals surface area contributed by atoms with Crippen molar-refractivity contribution in [2.75, 3.05) is 0 Å². The number of hydrogen-bond donors (Lipinski definition) is 1. The lowest BCUT2D eigenvalue weighted by atomic mass is 10.2. The zero-order chi connectivity index (χ0) is 11.8. The molecule has 0 spiro atoms. The summed E-state index contributed by atoms with van der Waals surface area (Å²) in [6, 6.07) is 1.88. The van der Waals surface area contributed by atoms with Gasteiger partial charge < -0.3 is 0 Å². The van der Waals surface area contributed by atoms with E-state index >= 15 is 0 Å². The van der Waals surface area contributed by atoms with Gasteiger partial charge in [-0.15, -0.1) is 0 Å². The molecule has 0 unspecified atom stereocenters. The Morgan fingerprint density at radius 3 is 2.40 bits per heavy atom. The van der Waals surface area contributed by atoms with Crippen molar-refractivity contribution < 1.29 is 17.7 Å². The molecule has 6 nitrogen and oxygen atoms in total. The summed E-state index contributed by atoms with van der Waals surface area (Å²) in [6.45, 7) is 1.40. The van der Waals surface area contributed by atoms with Crippen molar-refractivity contribution in [1.82, 2.24) is 0 Å². The number of benzene rings is 1. The fraction of sp³-hybridized carbons (Fsp3) is 0.143. The van der Waals surface area contributed by atoms with Gasteiger partial charge in [0.25, 0.3) is 0 Å². The maximum absolute atomic E-state index is 13.3. The van der Waals surface area contributed by atoms with Crippen LogP contribution < -0.4 is 5.14 Å². The molecular formula is C7H7FN2O4S. The van der Waals surface area contributed by atoms with Gasteiger partial charge in [0, 0.05) is 6.07 Å². The summed E-state index contributed by atoms with van der Waals surface area (Å²) in [5, 5.41) is 15.1. The quantitative estimate of drug-likeness (QED) is 0.600. The Morgan fingerprint density at radius 1 is 1.47 bits per heavy atom. The molecule has 0 fully saturated rings. The molecule has 0 heterocycles. The Bertz CT molecular complexity index is 526. The number of nitrogens with zero attached hydrogens (tertiary/aromatic N) is 1. The number of primary sulfonamides is 1. The van der Waals surface area contributed by atoms with Crippen LogP contribution in [0.4, 0.5) is 10.1 Å². The zero-order valence-electron chi connectivity index (χ0n) is 7.60. The standard InChI is InChI=1S/C7H7FN2O4S/c1-4-2-5(10(11)12)7(8)6(3-4)15(9,13)14/h2-3H,1H3,(H2,9,13,14). The Kier molecular flexibility index (Phi) is 2.73. The van der Waals surface area contributed by atoms with Gasteiger partial charge in [-0.1, -0.05) is 0 Å². The van der Waals surface area contributed by atoms with Crippen LogP contribution in [-0.2, 0) is 10.0 Å². The van der Waals surface area contributed by atoms with E-state index in [2.05, 4.69) is 0 Å². The van der Waals surface area contributed by atoms with Crippen molar-refractivity contribution in [3.05, 3.63) is 33.6 Å². The van der Waals surface area contributed by atoms with Crippen molar-refractivity contribution in [3.8, 4) is 0 Å². The molecule has 15 heavy (non-hydrogen) atoms. The number of sulfonamides is 1. The van der Waals surface area contributed by atoms with Crippen molar-refractivity contribution in [3.63, 3.8) is 0 Å². The molecule has 2 N–H and O–H groups in total. The van der Waals surface area contributed by atoms with E-state index in [1.165, 1.54) is 6.92 Å². The van der Waals surface area contributed by atoms with E-state index in [1.54, 1.807) is 0 Å². The Hall–Kier alpha value is -1.54. The zero-order valence-corrected chi connectivity index (χ0v) is 8.41. The number of halogens is 1. The van der Waals surface area contributed by atoms with Crippen LogP contribution in [-0.4, -0.2) is 13.3 Å². The molecule has 0 amide bonds. The molecule has 0 saturated heterocycles. The average molecular weight is 234 g/mol. The molecule has 8 heteroatoms. The minimum atomic E-state index is -4.29. The smallest absolute Gasteiger partial charge is 0.258 e. The lowest BCUT2D eigenvalue weighted by Gasteiger charge is -2.02. The number of rotatable bonds is 2. The summed E-state index contributed by atoms with van der Waals surface area (Å²) >= 11 is 0. The molecule has 0 aromatic heterocycles. The van der Waals surface area contributed by atoms with Gasteiger partial charge in [-0.25, -0.2) is 13.6 Å². The third-order valence-corrected chi connectivity index (χ3v) is 2.58. The second-order valence-corrected chi connectivity index (χ2v) is 4.43. The van der Waals surface area contributed by atoms with Crippen molar-refractivity contribution >= 4 is 15.7 Å². The van der Waals surface area contributed by atoms with Crippen molar-refractivity contribution in [2.45, 2.75) is 11.8 Å². The maximum atomic E-state index is 13.3. The predicted molar refractivity (Wildman–Crippen MR) is 49.2 cm³/mol. The molecule has 0 aliphatic heterocycles. The first-order chi connectivity index (χ1) is 6.73. The molecule has 1 aromatic carbocycles. The van der Waals surface area contributed by atoms with Crippen LogP contribution in [0.5, 0.6) is 0 Å².